The zero-order chi connectivity index (χ0) is 13.2. The highest BCUT2D eigenvalue weighted by atomic mass is 16.1. The number of likely N-dealkylation sites (N-methyl/N-ethyl adjacent to an activating group) is 1. The molecule has 3 nitrogen and oxygen atoms in total. The van der Waals surface area contributed by atoms with E-state index >= 15 is 0 Å². The van der Waals surface area contributed by atoms with Gasteiger partial charge < -0.3 is 4.98 Å². The Morgan fingerprint density at radius 1 is 1.32 bits per heavy atom. The normalized spacial score (nSPS) is 16.5. The molecule has 0 aliphatic heterocycles. The molecular weight excluding hydrogens is 236 g/mol. The number of H-pyrrole nitrogens is 1. The van der Waals surface area contributed by atoms with Gasteiger partial charge in [0.2, 0.25) is 0 Å². The van der Waals surface area contributed by atoms with Gasteiger partial charge in [-0.25, -0.2) is 0 Å². The molecule has 1 N–H and O–H groups in total. The summed E-state index contributed by atoms with van der Waals surface area (Å²) < 4.78 is 0. The first-order valence-corrected chi connectivity index (χ1v) is 7.05. The van der Waals surface area contributed by atoms with Gasteiger partial charge in [-0.05, 0) is 26.0 Å². The van der Waals surface area contributed by atoms with Crippen molar-refractivity contribution in [3.63, 3.8) is 0 Å². The van der Waals surface area contributed by atoms with E-state index in [0.717, 1.165) is 16.5 Å². The average molecular weight is 256 g/mol. The van der Waals surface area contributed by atoms with Crippen molar-refractivity contribution in [3.8, 4) is 0 Å². The first kappa shape index (κ1) is 12.4. The predicted octanol–water partition coefficient (Wildman–Crippen LogP) is 3.23. The van der Waals surface area contributed by atoms with Gasteiger partial charge in [0.25, 0.3) is 0 Å². The summed E-state index contributed by atoms with van der Waals surface area (Å²) in [7, 11) is 2.07. The van der Waals surface area contributed by atoms with Gasteiger partial charge in [0.05, 0.1) is 6.54 Å². The molecule has 1 aliphatic carbocycles. The number of ketones is 1. The number of aromatic nitrogens is 1. The Balaban J connectivity index is 1.76. The number of nitrogens with one attached hydrogen (secondary N) is 1. The van der Waals surface area contributed by atoms with Crippen LogP contribution < -0.4 is 0 Å². The smallest absolute Gasteiger partial charge is 0.178 e. The topological polar surface area (TPSA) is 36.1 Å². The van der Waals surface area contributed by atoms with Crippen LogP contribution in [0, 0.1) is 0 Å². The number of para-hydroxylation sites is 1. The highest BCUT2D eigenvalue weighted by molar-refractivity contribution is 6.08. The van der Waals surface area contributed by atoms with Crippen molar-refractivity contribution >= 4 is 16.7 Å². The molecule has 0 unspecified atom stereocenters. The first-order valence-electron chi connectivity index (χ1n) is 7.05. The van der Waals surface area contributed by atoms with Crippen LogP contribution >= 0.6 is 0 Å². The van der Waals surface area contributed by atoms with E-state index < -0.39 is 0 Å². The number of benzene rings is 1. The summed E-state index contributed by atoms with van der Waals surface area (Å²) >= 11 is 0. The Labute approximate surface area is 113 Å². The molecular formula is C16H20N2O. The van der Waals surface area contributed by atoms with Crippen LogP contribution in [0.5, 0.6) is 0 Å². The highest BCUT2D eigenvalue weighted by Crippen LogP contribution is 2.23. The van der Waals surface area contributed by atoms with E-state index in [-0.39, 0.29) is 5.78 Å². The number of Topliss-reactive ketones (excluding diaryl/α,β-unsaturated/α-hetero) is 1. The SMILES string of the molecule is CN(CC(=O)c1c[nH]c2ccccc12)C1CCCC1. The van der Waals surface area contributed by atoms with Crippen LogP contribution in [0.4, 0.5) is 0 Å². The lowest BCUT2D eigenvalue weighted by Crippen LogP contribution is -2.34. The maximum absolute atomic E-state index is 12.4. The van der Waals surface area contributed by atoms with Crippen molar-refractivity contribution in [2.24, 2.45) is 0 Å². The van der Waals surface area contributed by atoms with E-state index in [2.05, 4.69) is 16.9 Å². The minimum absolute atomic E-state index is 0.215. The molecule has 1 fully saturated rings. The van der Waals surface area contributed by atoms with Crippen LogP contribution in [-0.4, -0.2) is 35.3 Å². The number of nitrogens with zero attached hydrogens (tertiary/aromatic N) is 1. The molecule has 1 aromatic carbocycles. The number of hydrogen-bond donors (Lipinski definition) is 1. The van der Waals surface area contributed by atoms with Crippen LogP contribution in [0.1, 0.15) is 36.0 Å². The van der Waals surface area contributed by atoms with Crippen molar-refractivity contribution in [1.82, 2.24) is 9.88 Å². The number of aromatic amines is 1. The van der Waals surface area contributed by atoms with Crippen molar-refractivity contribution in [3.05, 3.63) is 36.0 Å². The summed E-state index contributed by atoms with van der Waals surface area (Å²) in [5.41, 5.74) is 1.86. The third kappa shape index (κ3) is 2.43. The summed E-state index contributed by atoms with van der Waals surface area (Å²) in [5.74, 6) is 0.215. The van der Waals surface area contributed by atoms with Crippen LogP contribution in [-0.2, 0) is 0 Å². The van der Waals surface area contributed by atoms with Gasteiger partial charge in [0.1, 0.15) is 0 Å². The predicted molar refractivity (Wildman–Crippen MR) is 77.5 cm³/mol. The van der Waals surface area contributed by atoms with E-state index in [1.54, 1.807) is 0 Å². The molecule has 0 spiro atoms. The van der Waals surface area contributed by atoms with Crippen molar-refractivity contribution in [2.75, 3.05) is 13.6 Å². The molecule has 0 atom stereocenters. The summed E-state index contributed by atoms with van der Waals surface area (Å²) in [6.07, 6.45) is 6.91. The van der Waals surface area contributed by atoms with Crippen LogP contribution in [0.25, 0.3) is 10.9 Å². The molecule has 0 bridgehead atoms. The Morgan fingerprint density at radius 2 is 2.05 bits per heavy atom. The fraction of sp³-hybridized carbons (Fsp3) is 0.438. The standard InChI is InChI=1S/C16H20N2O/c1-18(12-6-2-3-7-12)11-16(19)14-10-17-15-9-5-4-8-13(14)15/h4-5,8-10,12,17H,2-3,6-7,11H2,1H3. The summed E-state index contributed by atoms with van der Waals surface area (Å²) in [6.45, 7) is 0.520. The van der Waals surface area contributed by atoms with Gasteiger partial charge in [-0.2, -0.15) is 0 Å². The first-order chi connectivity index (χ1) is 9.25. The molecule has 0 amide bonds. The van der Waals surface area contributed by atoms with Crippen LogP contribution in [0.15, 0.2) is 30.5 Å². The molecule has 19 heavy (non-hydrogen) atoms. The van der Waals surface area contributed by atoms with E-state index in [4.69, 9.17) is 0 Å². The molecule has 2 aromatic rings. The fourth-order valence-corrected chi connectivity index (χ4v) is 3.09. The van der Waals surface area contributed by atoms with E-state index in [1.165, 1.54) is 25.7 Å². The van der Waals surface area contributed by atoms with E-state index in [1.807, 2.05) is 30.5 Å². The Morgan fingerprint density at radius 3 is 2.84 bits per heavy atom. The molecule has 3 heteroatoms. The lowest BCUT2D eigenvalue weighted by molar-refractivity contribution is 0.0922. The lowest BCUT2D eigenvalue weighted by atomic mass is 10.1. The number of carbonyl (C=O) groups excluding carboxylic acids is 1. The Kier molecular flexibility index (Phi) is 3.38. The molecule has 1 aromatic heterocycles. The molecule has 1 heterocycles. The number of hydrogen-bond acceptors (Lipinski definition) is 2. The van der Waals surface area contributed by atoms with E-state index in [9.17, 15) is 4.79 Å². The quantitative estimate of drug-likeness (QED) is 0.853. The van der Waals surface area contributed by atoms with E-state index in [0.29, 0.717) is 12.6 Å². The van der Waals surface area contributed by atoms with Gasteiger partial charge in [0.15, 0.2) is 5.78 Å². The van der Waals surface area contributed by atoms with Gasteiger partial charge in [0, 0.05) is 28.7 Å². The lowest BCUT2D eigenvalue weighted by Gasteiger charge is -2.22. The van der Waals surface area contributed by atoms with Crippen molar-refractivity contribution in [1.29, 1.82) is 0 Å². The second kappa shape index (κ2) is 5.17. The van der Waals surface area contributed by atoms with Gasteiger partial charge >= 0.3 is 0 Å². The zero-order valence-corrected chi connectivity index (χ0v) is 11.4. The summed E-state index contributed by atoms with van der Waals surface area (Å²) in [4.78, 5) is 17.8. The van der Waals surface area contributed by atoms with Crippen molar-refractivity contribution < 1.29 is 4.79 Å². The number of carbonyl (C=O) groups is 1. The summed E-state index contributed by atoms with van der Waals surface area (Å²) in [5, 5.41) is 1.03. The van der Waals surface area contributed by atoms with Gasteiger partial charge in [-0.3, -0.25) is 9.69 Å². The average Bonchev–Trinajstić information content (AvgIpc) is 3.08. The second-order valence-corrected chi connectivity index (χ2v) is 5.52. The number of fused-ring (bicyclic) bond motifs is 1. The second-order valence-electron chi connectivity index (χ2n) is 5.52. The minimum atomic E-state index is 0.215. The minimum Gasteiger partial charge on any atom is -0.360 e. The molecule has 0 radical (unpaired) electrons. The third-order valence-electron chi connectivity index (χ3n) is 4.23. The third-order valence-corrected chi connectivity index (χ3v) is 4.23. The van der Waals surface area contributed by atoms with Crippen LogP contribution in [0.2, 0.25) is 0 Å². The Bertz CT molecular complexity index is 581. The highest BCUT2D eigenvalue weighted by Gasteiger charge is 2.22. The summed E-state index contributed by atoms with van der Waals surface area (Å²) in [6, 6.07) is 8.57. The van der Waals surface area contributed by atoms with Gasteiger partial charge in [-0.1, -0.05) is 31.0 Å². The molecule has 3 rings (SSSR count). The molecule has 1 saturated carbocycles. The Hall–Kier alpha value is -1.61. The van der Waals surface area contributed by atoms with Crippen LogP contribution in [0.3, 0.4) is 0 Å². The largest absolute Gasteiger partial charge is 0.360 e. The molecule has 100 valence electrons. The van der Waals surface area contributed by atoms with Gasteiger partial charge in [-0.15, -0.1) is 0 Å². The monoisotopic (exact) mass is 256 g/mol. The zero-order valence-electron chi connectivity index (χ0n) is 11.4. The fourth-order valence-electron chi connectivity index (χ4n) is 3.09. The number of rotatable bonds is 4. The molecule has 1 aliphatic rings. The molecule has 0 saturated heterocycles. The van der Waals surface area contributed by atoms with Crippen molar-refractivity contribution in [2.45, 2.75) is 31.7 Å². The maximum Gasteiger partial charge on any atom is 0.178 e. The maximum atomic E-state index is 12.4.